The largest absolute Gasteiger partial charge is 0.470 e. The van der Waals surface area contributed by atoms with Crippen molar-refractivity contribution in [2.45, 2.75) is 31.3 Å². The van der Waals surface area contributed by atoms with Crippen molar-refractivity contribution in [1.29, 1.82) is 0 Å². The van der Waals surface area contributed by atoms with Gasteiger partial charge in [-0.25, -0.2) is 10.2 Å². The second-order valence-corrected chi connectivity index (χ2v) is 6.58. The third-order valence-corrected chi connectivity index (χ3v) is 4.42. The fraction of sp³-hybridized carbons (Fsp3) is 0.316. The van der Waals surface area contributed by atoms with Crippen LogP contribution in [0.3, 0.4) is 0 Å². The normalized spacial score (nSPS) is 25.3. The standard InChI is InChI=1S/C19H22N4O6/c1-10(25)20-15-17(27)16(26)14(9-24)29-18(15)22-23-19(28)21-13-7-6-11-4-2-3-5-12(11)8-13/h2-8,14-17,24,26-27H,9H2,1H3,(H,20,25)(H2,21,23,28)/b22-18-/t14-,15-,16-,17-/m1/s1. The highest BCUT2D eigenvalue weighted by atomic mass is 16.5. The molecule has 10 nitrogen and oxygen atoms in total. The molecule has 0 saturated carbocycles. The van der Waals surface area contributed by atoms with Gasteiger partial charge in [0.15, 0.2) is 6.10 Å². The fourth-order valence-corrected chi connectivity index (χ4v) is 3.00. The van der Waals surface area contributed by atoms with Crippen LogP contribution >= 0.6 is 0 Å². The molecule has 1 heterocycles. The maximum Gasteiger partial charge on any atom is 0.339 e. The number of carbonyl (C=O) groups is 2. The molecule has 0 bridgehead atoms. The molecule has 1 saturated heterocycles. The monoisotopic (exact) mass is 402 g/mol. The summed E-state index contributed by atoms with van der Waals surface area (Å²) in [5.74, 6) is -0.744. The molecule has 10 heteroatoms. The van der Waals surface area contributed by atoms with Crippen molar-refractivity contribution in [3.8, 4) is 0 Å². The Morgan fingerprint density at radius 1 is 1.10 bits per heavy atom. The Morgan fingerprint density at radius 3 is 2.52 bits per heavy atom. The van der Waals surface area contributed by atoms with E-state index in [9.17, 15) is 24.9 Å². The van der Waals surface area contributed by atoms with Gasteiger partial charge >= 0.3 is 6.03 Å². The molecule has 3 rings (SSSR count). The van der Waals surface area contributed by atoms with Gasteiger partial charge in [0.2, 0.25) is 11.8 Å². The minimum atomic E-state index is -1.48. The molecule has 4 atom stereocenters. The van der Waals surface area contributed by atoms with Gasteiger partial charge < -0.3 is 30.7 Å². The van der Waals surface area contributed by atoms with Crippen molar-refractivity contribution in [2.75, 3.05) is 11.9 Å². The maximum atomic E-state index is 12.2. The minimum Gasteiger partial charge on any atom is -0.470 e. The number of nitrogens with one attached hydrogen (secondary N) is 3. The second kappa shape index (κ2) is 8.86. The number of aliphatic hydroxyl groups excluding tert-OH is 3. The van der Waals surface area contributed by atoms with Gasteiger partial charge in [0.05, 0.1) is 6.61 Å². The molecule has 1 fully saturated rings. The lowest BCUT2D eigenvalue weighted by atomic mass is 9.97. The molecule has 0 unspecified atom stereocenters. The van der Waals surface area contributed by atoms with E-state index in [-0.39, 0.29) is 5.90 Å². The van der Waals surface area contributed by atoms with Gasteiger partial charge in [-0.3, -0.25) is 4.79 Å². The van der Waals surface area contributed by atoms with Gasteiger partial charge in [0.1, 0.15) is 18.2 Å². The molecule has 29 heavy (non-hydrogen) atoms. The first-order valence-corrected chi connectivity index (χ1v) is 8.93. The number of fused-ring (bicyclic) bond motifs is 1. The smallest absolute Gasteiger partial charge is 0.339 e. The lowest BCUT2D eigenvalue weighted by Crippen LogP contribution is -2.62. The molecule has 154 valence electrons. The molecular weight excluding hydrogens is 380 g/mol. The molecule has 1 aliphatic heterocycles. The number of ether oxygens (including phenoxy) is 1. The van der Waals surface area contributed by atoms with Gasteiger partial charge in [-0.2, -0.15) is 0 Å². The van der Waals surface area contributed by atoms with E-state index in [0.717, 1.165) is 10.8 Å². The van der Waals surface area contributed by atoms with Crippen LogP contribution in [-0.4, -0.2) is 64.1 Å². The Morgan fingerprint density at radius 2 is 1.83 bits per heavy atom. The van der Waals surface area contributed by atoms with E-state index >= 15 is 0 Å². The number of benzene rings is 2. The number of hydrazone groups is 1. The first kappa shape index (κ1) is 20.5. The molecule has 0 aliphatic carbocycles. The Balaban J connectivity index is 1.72. The highest BCUT2D eigenvalue weighted by Crippen LogP contribution is 2.19. The summed E-state index contributed by atoms with van der Waals surface area (Å²) in [6.07, 6.45) is -4.07. The number of amides is 3. The summed E-state index contributed by atoms with van der Waals surface area (Å²) in [4.78, 5) is 23.6. The van der Waals surface area contributed by atoms with Crippen LogP contribution in [0.1, 0.15) is 6.92 Å². The van der Waals surface area contributed by atoms with Crippen molar-refractivity contribution < 1.29 is 29.6 Å². The average Bonchev–Trinajstić information content (AvgIpc) is 2.70. The topological polar surface area (TPSA) is 153 Å². The number of urea groups is 1. The second-order valence-electron chi connectivity index (χ2n) is 6.58. The van der Waals surface area contributed by atoms with Crippen LogP contribution < -0.4 is 16.1 Å². The van der Waals surface area contributed by atoms with E-state index in [2.05, 4.69) is 21.2 Å². The summed E-state index contributed by atoms with van der Waals surface area (Å²) >= 11 is 0. The van der Waals surface area contributed by atoms with Crippen molar-refractivity contribution in [3.05, 3.63) is 42.5 Å². The fourth-order valence-electron chi connectivity index (χ4n) is 3.00. The van der Waals surface area contributed by atoms with Crippen LogP contribution in [0.5, 0.6) is 0 Å². The van der Waals surface area contributed by atoms with Crippen LogP contribution in [0.15, 0.2) is 47.6 Å². The molecule has 6 N–H and O–H groups in total. The van der Waals surface area contributed by atoms with Crippen LogP contribution in [-0.2, 0) is 9.53 Å². The summed E-state index contributed by atoms with van der Waals surface area (Å²) in [7, 11) is 0. The molecule has 2 aromatic rings. The molecule has 3 amide bonds. The Labute approximate surface area is 166 Å². The minimum absolute atomic E-state index is 0.245. The van der Waals surface area contributed by atoms with Crippen LogP contribution in [0.2, 0.25) is 0 Å². The van der Waals surface area contributed by atoms with Gasteiger partial charge in [0.25, 0.3) is 0 Å². The van der Waals surface area contributed by atoms with E-state index in [1.54, 1.807) is 12.1 Å². The molecular formula is C19H22N4O6. The van der Waals surface area contributed by atoms with E-state index in [4.69, 9.17) is 4.74 Å². The number of carbonyl (C=O) groups excluding carboxylic acids is 2. The van der Waals surface area contributed by atoms with Gasteiger partial charge in [-0.1, -0.05) is 30.3 Å². The summed E-state index contributed by atoms with van der Waals surface area (Å²) < 4.78 is 5.32. The number of anilines is 1. The van der Waals surface area contributed by atoms with Crippen molar-refractivity contribution in [2.24, 2.45) is 5.10 Å². The lowest BCUT2D eigenvalue weighted by molar-refractivity contribution is -0.125. The predicted molar refractivity (Wildman–Crippen MR) is 105 cm³/mol. The maximum absolute atomic E-state index is 12.2. The molecule has 1 aliphatic rings. The zero-order valence-electron chi connectivity index (χ0n) is 15.6. The quantitative estimate of drug-likeness (QED) is 0.393. The predicted octanol–water partition coefficient (Wildman–Crippen LogP) is -0.108. The summed E-state index contributed by atoms with van der Waals surface area (Å²) in [6.45, 7) is 0.627. The Hall–Kier alpha value is -3.21. The zero-order chi connectivity index (χ0) is 21.0. The number of aliphatic hydroxyl groups is 3. The van der Waals surface area contributed by atoms with Gasteiger partial charge in [-0.15, -0.1) is 5.10 Å². The number of nitrogens with zero attached hydrogens (tertiary/aromatic N) is 1. The first-order chi connectivity index (χ1) is 13.9. The van der Waals surface area contributed by atoms with Crippen molar-refractivity contribution >= 4 is 34.3 Å². The van der Waals surface area contributed by atoms with Gasteiger partial charge in [-0.05, 0) is 22.9 Å². The number of rotatable bonds is 4. The zero-order valence-corrected chi connectivity index (χ0v) is 15.6. The highest BCUT2D eigenvalue weighted by Gasteiger charge is 2.43. The highest BCUT2D eigenvalue weighted by molar-refractivity contribution is 5.95. The van der Waals surface area contributed by atoms with Crippen LogP contribution in [0, 0.1) is 0 Å². The molecule has 0 spiro atoms. The summed E-state index contributed by atoms with van der Waals surface area (Å²) in [5, 5.41) is 40.2. The Bertz CT molecular complexity index is 934. The average molecular weight is 402 g/mol. The van der Waals surface area contributed by atoms with E-state index in [1.807, 2.05) is 30.3 Å². The summed E-state index contributed by atoms with van der Waals surface area (Å²) in [5.41, 5.74) is 2.75. The molecule has 2 aromatic carbocycles. The van der Waals surface area contributed by atoms with E-state index < -0.39 is 42.9 Å². The number of hydrogen-bond acceptors (Lipinski definition) is 7. The third kappa shape index (κ3) is 4.80. The first-order valence-electron chi connectivity index (χ1n) is 8.93. The third-order valence-electron chi connectivity index (χ3n) is 4.42. The SMILES string of the molecule is CC(=O)N[C@H]1/C(=N/NC(=O)Nc2ccc3ccccc3c2)O[C@H](CO)[C@@H](O)[C@@H]1O. The number of hydrogen-bond donors (Lipinski definition) is 6. The van der Waals surface area contributed by atoms with Gasteiger partial charge in [0, 0.05) is 12.6 Å². The Kier molecular flexibility index (Phi) is 6.27. The lowest BCUT2D eigenvalue weighted by Gasteiger charge is -2.37. The van der Waals surface area contributed by atoms with Crippen LogP contribution in [0.25, 0.3) is 10.8 Å². The molecule has 0 aromatic heterocycles. The summed E-state index contributed by atoms with van der Waals surface area (Å²) in [6, 6.07) is 11.2. The molecule has 0 radical (unpaired) electrons. The van der Waals surface area contributed by atoms with Crippen molar-refractivity contribution in [3.63, 3.8) is 0 Å². The van der Waals surface area contributed by atoms with Crippen molar-refractivity contribution in [1.82, 2.24) is 10.7 Å². The van der Waals surface area contributed by atoms with E-state index in [0.29, 0.717) is 5.69 Å². The van der Waals surface area contributed by atoms with E-state index in [1.165, 1.54) is 6.92 Å². The van der Waals surface area contributed by atoms with Crippen LogP contribution in [0.4, 0.5) is 10.5 Å².